The third-order valence-electron chi connectivity index (χ3n) is 6.51. The second kappa shape index (κ2) is 12.1. The second-order valence-corrected chi connectivity index (χ2v) is 13.7. The van der Waals surface area contributed by atoms with Gasteiger partial charge in [-0.05, 0) is 59.3 Å². The summed E-state index contributed by atoms with van der Waals surface area (Å²) in [5, 5.41) is 2.72. The van der Waals surface area contributed by atoms with Crippen LogP contribution in [0.4, 0.5) is 4.79 Å². The molecule has 1 amide bonds. The Bertz CT molecular complexity index is 727. The minimum absolute atomic E-state index is 0.0410. The monoisotopic (exact) mass is 490 g/mol. The van der Waals surface area contributed by atoms with E-state index in [1.807, 2.05) is 27.7 Å². The smallest absolute Gasteiger partial charge is 0.408 e. The van der Waals surface area contributed by atoms with Gasteiger partial charge in [0.15, 0.2) is 5.12 Å². The normalized spacial score (nSPS) is 25.7. The third-order valence-corrected chi connectivity index (χ3v) is 9.36. The van der Waals surface area contributed by atoms with Gasteiger partial charge in [-0.25, -0.2) is 17.9 Å². The van der Waals surface area contributed by atoms with Crippen molar-refractivity contribution in [2.45, 2.75) is 115 Å². The molecule has 2 aliphatic carbocycles. The summed E-state index contributed by atoms with van der Waals surface area (Å²) in [7, 11) is -3.33. The predicted octanol–water partition coefficient (Wildman–Crippen LogP) is 4.75. The number of thioether (sulfide) groups is 1. The van der Waals surface area contributed by atoms with E-state index in [0.29, 0.717) is 12.2 Å². The molecule has 0 saturated heterocycles. The van der Waals surface area contributed by atoms with E-state index in [9.17, 15) is 18.0 Å². The molecule has 0 bridgehead atoms. The molecule has 0 spiro atoms. The Morgan fingerprint density at radius 2 is 1.66 bits per heavy atom. The van der Waals surface area contributed by atoms with Crippen LogP contribution in [0.25, 0.3) is 0 Å². The summed E-state index contributed by atoms with van der Waals surface area (Å²) >= 11 is 1.18. The van der Waals surface area contributed by atoms with Crippen LogP contribution in [-0.2, 0) is 19.6 Å². The lowest BCUT2D eigenvalue weighted by atomic mass is 9.87. The van der Waals surface area contributed by atoms with Crippen molar-refractivity contribution in [3.63, 3.8) is 0 Å². The highest BCUT2D eigenvalue weighted by molar-refractivity contribution is 8.13. The first-order valence-corrected chi connectivity index (χ1v) is 14.6. The van der Waals surface area contributed by atoms with E-state index in [4.69, 9.17) is 4.74 Å². The predicted molar refractivity (Wildman–Crippen MR) is 130 cm³/mol. The third kappa shape index (κ3) is 9.21. The number of carbonyl (C=O) groups excluding carboxylic acids is 2. The van der Waals surface area contributed by atoms with E-state index in [1.165, 1.54) is 18.2 Å². The van der Waals surface area contributed by atoms with Crippen molar-refractivity contribution in [1.29, 1.82) is 0 Å². The van der Waals surface area contributed by atoms with Crippen LogP contribution in [-0.4, -0.2) is 48.3 Å². The Labute approximate surface area is 198 Å². The van der Waals surface area contributed by atoms with Crippen LogP contribution < -0.4 is 10.0 Å². The van der Waals surface area contributed by atoms with Crippen molar-refractivity contribution < 1.29 is 22.7 Å². The first-order valence-electron chi connectivity index (χ1n) is 12.1. The number of carbonyl (C=O) groups is 2. The number of hydrogen-bond donors (Lipinski definition) is 2. The zero-order valence-corrected chi connectivity index (χ0v) is 21.8. The van der Waals surface area contributed by atoms with Crippen molar-refractivity contribution >= 4 is 33.0 Å². The number of nitrogens with one attached hydrogen (secondary N) is 2. The fraction of sp³-hybridized carbons (Fsp3) is 0.913. The number of amides is 1. The minimum Gasteiger partial charge on any atom is -0.444 e. The molecule has 2 fully saturated rings. The Morgan fingerprint density at radius 1 is 1.03 bits per heavy atom. The summed E-state index contributed by atoms with van der Waals surface area (Å²) in [5.41, 5.74) is -1.03. The van der Waals surface area contributed by atoms with Gasteiger partial charge in [-0.15, -0.1) is 0 Å². The molecule has 2 unspecified atom stereocenters. The second-order valence-electron chi connectivity index (χ2n) is 10.5. The highest BCUT2D eigenvalue weighted by atomic mass is 32.2. The fourth-order valence-electron chi connectivity index (χ4n) is 4.72. The van der Waals surface area contributed by atoms with Gasteiger partial charge < -0.3 is 10.1 Å². The Morgan fingerprint density at radius 3 is 2.28 bits per heavy atom. The maximum atomic E-state index is 12.6. The molecule has 9 heteroatoms. The maximum Gasteiger partial charge on any atom is 0.408 e. The molecular weight excluding hydrogens is 448 g/mol. The number of sulfonamides is 1. The minimum atomic E-state index is -3.33. The van der Waals surface area contributed by atoms with Crippen LogP contribution in [0.2, 0.25) is 0 Å². The lowest BCUT2D eigenvalue weighted by Gasteiger charge is -2.33. The number of alkyl carbamates (subject to hydrolysis) is 1. The van der Waals surface area contributed by atoms with Crippen LogP contribution in [0.5, 0.6) is 0 Å². The Kier molecular flexibility index (Phi) is 10.3. The van der Waals surface area contributed by atoms with Crippen molar-refractivity contribution in [2.75, 3.05) is 12.3 Å². The van der Waals surface area contributed by atoms with Crippen LogP contribution in [0, 0.1) is 5.92 Å². The molecule has 0 heterocycles. The molecule has 0 radical (unpaired) electrons. The van der Waals surface area contributed by atoms with E-state index in [0.717, 1.165) is 57.8 Å². The lowest BCUT2D eigenvalue weighted by molar-refractivity contribution is -0.112. The first kappa shape index (κ1) is 27.4. The van der Waals surface area contributed by atoms with Gasteiger partial charge in [-0.2, -0.15) is 0 Å². The Balaban J connectivity index is 1.75. The molecular formula is C23H42N2O5S2. The van der Waals surface area contributed by atoms with Gasteiger partial charge >= 0.3 is 6.09 Å². The van der Waals surface area contributed by atoms with E-state index in [1.54, 1.807) is 0 Å². The van der Waals surface area contributed by atoms with E-state index in [-0.39, 0.29) is 22.8 Å². The van der Waals surface area contributed by atoms with Crippen LogP contribution in [0.3, 0.4) is 0 Å². The summed E-state index contributed by atoms with van der Waals surface area (Å²) < 4.78 is 33.3. The zero-order chi connectivity index (χ0) is 23.8. The SMILES string of the molecule is CC(C)(C)OC(=O)NC1(C)CCCC1CC(=O)SCCNS(=O)(=O)C1CCCCCCC1. The molecule has 0 aromatic rings. The molecule has 2 N–H and O–H groups in total. The molecule has 2 rings (SSSR count). The largest absolute Gasteiger partial charge is 0.444 e. The van der Waals surface area contributed by atoms with Gasteiger partial charge in [0.1, 0.15) is 5.60 Å². The van der Waals surface area contributed by atoms with Gasteiger partial charge in [-0.1, -0.05) is 50.3 Å². The standard InChI is InChI=1S/C23H42N2O5S2/c1-22(2,3)30-21(27)25-23(4)14-10-11-18(23)17-20(26)31-16-15-24-32(28,29)19-12-8-6-5-7-9-13-19/h18-19,24H,5-17H2,1-4H3,(H,25,27). The number of rotatable bonds is 8. The van der Waals surface area contributed by atoms with Crippen LogP contribution in [0.15, 0.2) is 0 Å². The van der Waals surface area contributed by atoms with Gasteiger partial charge in [0.05, 0.1) is 5.25 Å². The van der Waals surface area contributed by atoms with Crippen molar-refractivity contribution in [3.05, 3.63) is 0 Å². The molecule has 186 valence electrons. The number of hydrogen-bond acceptors (Lipinski definition) is 6. The van der Waals surface area contributed by atoms with Crippen molar-refractivity contribution in [2.24, 2.45) is 5.92 Å². The average molecular weight is 491 g/mol. The fourth-order valence-corrected chi connectivity index (χ4v) is 7.18. The molecule has 2 saturated carbocycles. The maximum absolute atomic E-state index is 12.6. The highest BCUT2D eigenvalue weighted by Crippen LogP contribution is 2.39. The molecule has 7 nitrogen and oxygen atoms in total. The van der Waals surface area contributed by atoms with Crippen molar-refractivity contribution in [3.8, 4) is 0 Å². The molecule has 2 aliphatic rings. The summed E-state index contributed by atoms with van der Waals surface area (Å²) in [5.74, 6) is 0.481. The zero-order valence-electron chi connectivity index (χ0n) is 20.2. The van der Waals surface area contributed by atoms with E-state index in [2.05, 4.69) is 10.0 Å². The van der Waals surface area contributed by atoms with Gasteiger partial charge in [-0.3, -0.25) is 4.79 Å². The van der Waals surface area contributed by atoms with Crippen molar-refractivity contribution in [1.82, 2.24) is 10.0 Å². The topological polar surface area (TPSA) is 102 Å². The van der Waals surface area contributed by atoms with Gasteiger partial charge in [0.25, 0.3) is 0 Å². The van der Waals surface area contributed by atoms with Crippen LogP contribution in [0.1, 0.15) is 98.3 Å². The van der Waals surface area contributed by atoms with Gasteiger partial charge in [0.2, 0.25) is 10.0 Å². The number of ether oxygens (including phenoxy) is 1. The summed E-state index contributed by atoms with van der Waals surface area (Å²) in [6.07, 6.45) is 9.39. The molecule has 2 atom stereocenters. The quantitative estimate of drug-likeness (QED) is 0.476. The highest BCUT2D eigenvalue weighted by Gasteiger charge is 2.41. The summed E-state index contributed by atoms with van der Waals surface area (Å²) in [6.45, 7) is 7.73. The van der Waals surface area contributed by atoms with E-state index >= 15 is 0 Å². The first-order chi connectivity index (χ1) is 14.9. The molecule has 0 aliphatic heterocycles. The molecule has 0 aromatic heterocycles. The Hall–Kier alpha value is -0.800. The molecule has 32 heavy (non-hydrogen) atoms. The molecule has 0 aromatic carbocycles. The lowest BCUT2D eigenvalue weighted by Crippen LogP contribution is -2.50. The average Bonchev–Trinajstić information content (AvgIpc) is 2.96. The van der Waals surface area contributed by atoms with Gasteiger partial charge in [0, 0.05) is 24.3 Å². The summed E-state index contributed by atoms with van der Waals surface area (Å²) in [6, 6.07) is 0. The van der Waals surface area contributed by atoms with Crippen LogP contribution >= 0.6 is 11.8 Å². The summed E-state index contributed by atoms with van der Waals surface area (Å²) in [4.78, 5) is 24.8. The van der Waals surface area contributed by atoms with E-state index < -0.39 is 27.3 Å².